The first-order chi connectivity index (χ1) is 8.15. The lowest BCUT2D eigenvalue weighted by molar-refractivity contribution is -0.0318. The van der Waals surface area contributed by atoms with Gasteiger partial charge in [0.1, 0.15) is 0 Å². The maximum atomic E-state index is 10.1. The predicted molar refractivity (Wildman–Crippen MR) is 67.7 cm³/mol. The van der Waals surface area contributed by atoms with Crippen LogP contribution in [0.3, 0.4) is 0 Å². The number of benzene rings is 1. The van der Waals surface area contributed by atoms with E-state index in [1.807, 2.05) is 24.3 Å². The van der Waals surface area contributed by atoms with Crippen molar-refractivity contribution in [3.8, 4) is 0 Å². The van der Waals surface area contributed by atoms with E-state index in [4.69, 9.17) is 10.5 Å². The van der Waals surface area contributed by atoms with Crippen LogP contribution in [0, 0.1) is 0 Å². The summed E-state index contributed by atoms with van der Waals surface area (Å²) in [7, 11) is 0. The minimum atomic E-state index is -0.483. The number of aliphatic hydroxyl groups excluding tert-OH is 1. The summed E-state index contributed by atoms with van der Waals surface area (Å²) >= 11 is 0. The summed E-state index contributed by atoms with van der Waals surface area (Å²) in [5, 5.41) is 10.1. The van der Waals surface area contributed by atoms with E-state index in [-0.39, 0.29) is 6.10 Å². The molecule has 1 aliphatic rings. The van der Waals surface area contributed by atoms with Gasteiger partial charge in [-0.05, 0) is 24.6 Å². The molecule has 0 saturated carbocycles. The average molecular weight is 236 g/mol. The predicted octanol–water partition coefficient (Wildman–Crippen LogP) is 1.02. The Morgan fingerprint density at radius 2 is 2.41 bits per heavy atom. The van der Waals surface area contributed by atoms with Crippen molar-refractivity contribution in [3.63, 3.8) is 0 Å². The fourth-order valence-corrected chi connectivity index (χ4v) is 2.17. The third-order valence-corrected chi connectivity index (χ3v) is 3.05. The molecule has 3 N–H and O–H groups in total. The molecule has 2 unspecified atom stereocenters. The average Bonchev–Trinajstić information content (AvgIpc) is 2.29. The Kier molecular flexibility index (Phi) is 3.99. The van der Waals surface area contributed by atoms with E-state index >= 15 is 0 Å². The number of nitrogens with two attached hydrogens (primary N) is 1. The van der Waals surface area contributed by atoms with Gasteiger partial charge in [-0.1, -0.05) is 12.1 Å². The van der Waals surface area contributed by atoms with Gasteiger partial charge in [-0.25, -0.2) is 0 Å². The second-order valence-corrected chi connectivity index (χ2v) is 4.63. The maximum absolute atomic E-state index is 10.1. The van der Waals surface area contributed by atoms with E-state index in [0.29, 0.717) is 12.2 Å². The number of β-amino-alcohol motifs (C(OH)–C–C–N with tert-alkyl or cyclic N) is 1. The number of rotatable bonds is 3. The number of hydrogen-bond acceptors (Lipinski definition) is 4. The van der Waals surface area contributed by atoms with Crippen LogP contribution < -0.4 is 5.73 Å². The topological polar surface area (TPSA) is 58.7 Å². The van der Waals surface area contributed by atoms with Crippen LogP contribution >= 0.6 is 0 Å². The number of aliphatic hydroxyl groups is 1. The second-order valence-electron chi connectivity index (χ2n) is 4.63. The zero-order valence-electron chi connectivity index (χ0n) is 10.2. The van der Waals surface area contributed by atoms with Gasteiger partial charge in [0.2, 0.25) is 0 Å². The zero-order chi connectivity index (χ0) is 12.3. The van der Waals surface area contributed by atoms with Gasteiger partial charge >= 0.3 is 0 Å². The van der Waals surface area contributed by atoms with E-state index in [2.05, 4.69) is 11.8 Å². The molecule has 4 heteroatoms. The van der Waals surface area contributed by atoms with Gasteiger partial charge < -0.3 is 15.6 Å². The molecular weight excluding hydrogens is 216 g/mol. The summed E-state index contributed by atoms with van der Waals surface area (Å²) in [4.78, 5) is 2.22. The molecule has 2 rings (SSSR count). The number of nitrogen functional groups attached to an aromatic ring is 1. The van der Waals surface area contributed by atoms with Crippen molar-refractivity contribution in [2.24, 2.45) is 0 Å². The highest BCUT2D eigenvalue weighted by Gasteiger charge is 2.19. The van der Waals surface area contributed by atoms with Crippen LogP contribution in [-0.4, -0.2) is 42.4 Å². The van der Waals surface area contributed by atoms with Gasteiger partial charge in [0, 0.05) is 25.3 Å². The lowest BCUT2D eigenvalue weighted by Crippen LogP contribution is -2.42. The number of ether oxygens (including phenoxy) is 1. The van der Waals surface area contributed by atoms with Crippen LogP contribution in [0.1, 0.15) is 18.6 Å². The summed E-state index contributed by atoms with van der Waals surface area (Å²) in [6.07, 6.45) is -0.236. The molecule has 0 aliphatic carbocycles. The van der Waals surface area contributed by atoms with Crippen LogP contribution in [0.15, 0.2) is 24.3 Å². The Labute approximate surface area is 102 Å². The molecular formula is C13H20N2O2. The maximum Gasteiger partial charge on any atom is 0.0917 e. The van der Waals surface area contributed by atoms with Crippen LogP contribution in [0.4, 0.5) is 5.69 Å². The van der Waals surface area contributed by atoms with Gasteiger partial charge in [0.15, 0.2) is 0 Å². The molecule has 17 heavy (non-hydrogen) atoms. The largest absolute Gasteiger partial charge is 0.399 e. The Balaban J connectivity index is 1.94. The molecule has 1 aromatic rings. The highest BCUT2D eigenvalue weighted by atomic mass is 16.5. The van der Waals surface area contributed by atoms with E-state index in [0.717, 1.165) is 25.3 Å². The van der Waals surface area contributed by atoms with Crippen LogP contribution in [0.2, 0.25) is 0 Å². The Hall–Kier alpha value is -1.10. The molecule has 2 atom stereocenters. The third kappa shape index (κ3) is 3.43. The van der Waals surface area contributed by atoms with Crippen molar-refractivity contribution in [3.05, 3.63) is 29.8 Å². The third-order valence-electron chi connectivity index (χ3n) is 3.05. The van der Waals surface area contributed by atoms with Gasteiger partial charge in [-0.15, -0.1) is 0 Å². The second kappa shape index (κ2) is 5.49. The quantitative estimate of drug-likeness (QED) is 0.769. The fraction of sp³-hybridized carbons (Fsp3) is 0.538. The van der Waals surface area contributed by atoms with Gasteiger partial charge in [-0.2, -0.15) is 0 Å². The fourth-order valence-electron chi connectivity index (χ4n) is 2.17. The van der Waals surface area contributed by atoms with Crippen LogP contribution in [-0.2, 0) is 4.74 Å². The lowest BCUT2D eigenvalue weighted by Gasteiger charge is -2.32. The number of nitrogens with zero attached hydrogens (tertiary/aromatic N) is 1. The first-order valence-corrected chi connectivity index (χ1v) is 6.02. The summed E-state index contributed by atoms with van der Waals surface area (Å²) < 4.78 is 5.47. The van der Waals surface area contributed by atoms with Crippen molar-refractivity contribution in [1.82, 2.24) is 4.90 Å². The first-order valence-electron chi connectivity index (χ1n) is 6.02. The molecule has 1 heterocycles. The van der Waals surface area contributed by atoms with Crippen molar-refractivity contribution in [2.75, 3.05) is 32.0 Å². The zero-order valence-corrected chi connectivity index (χ0v) is 10.2. The summed E-state index contributed by atoms with van der Waals surface area (Å²) in [6.45, 7) is 5.18. The van der Waals surface area contributed by atoms with E-state index in [1.54, 1.807) is 0 Å². The van der Waals surface area contributed by atoms with E-state index in [1.165, 1.54) is 0 Å². The van der Waals surface area contributed by atoms with Gasteiger partial charge in [-0.3, -0.25) is 4.90 Å². The van der Waals surface area contributed by atoms with Crippen molar-refractivity contribution in [1.29, 1.82) is 0 Å². The lowest BCUT2D eigenvalue weighted by atomic mass is 10.1. The minimum absolute atomic E-state index is 0.247. The smallest absolute Gasteiger partial charge is 0.0917 e. The number of hydrogen-bond donors (Lipinski definition) is 2. The summed E-state index contributed by atoms with van der Waals surface area (Å²) in [5.41, 5.74) is 7.28. The highest BCUT2D eigenvalue weighted by Crippen LogP contribution is 2.18. The number of anilines is 1. The van der Waals surface area contributed by atoms with Gasteiger partial charge in [0.05, 0.1) is 18.8 Å². The molecule has 0 amide bonds. The Bertz CT molecular complexity index is 370. The molecule has 1 saturated heterocycles. The van der Waals surface area contributed by atoms with E-state index in [9.17, 15) is 5.11 Å². The van der Waals surface area contributed by atoms with Gasteiger partial charge in [0.25, 0.3) is 0 Å². The molecule has 0 bridgehead atoms. The molecule has 0 aromatic heterocycles. The van der Waals surface area contributed by atoms with Crippen LogP contribution in [0.5, 0.6) is 0 Å². The first kappa shape index (κ1) is 12.4. The molecule has 0 spiro atoms. The highest BCUT2D eigenvalue weighted by molar-refractivity contribution is 5.41. The normalized spacial score (nSPS) is 23.5. The van der Waals surface area contributed by atoms with Crippen molar-refractivity contribution >= 4 is 5.69 Å². The number of morpholine rings is 1. The molecule has 1 aliphatic heterocycles. The monoisotopic (exact) mass is 236 g/mol. The molecule has 1 aromatic carbocycles. The summed E-state index contributed by atoms with van der Waals surface area (Å²) in [5.74, 6) is 0. The van der Waals surface area contributed by atoms with E-state index < -0.39 is 6.10 Å². The molecule has 0 radical (unpaired) electrons. The minimum Gasteiger partial charge on any atom is -0.399 e. The SMILES string of the molecule is CC1CN(CC(O)c2cccc(N)c2)CCO1. The standard InChI is InChI=1S/C13H20N2O2/c1-10-8-15(5-6-17-10)9-13(16)11-3-2-4-12(14)7-11/h2-4,7,10,13,16H,5-6,8-9,14H2,1H3. The molecule has 94 valence electrons. The van der Waals surface area contributed by atoms with Crippen LogP contribution in [0.25, 0.3) is 0 Å². The molecule has 1 fully saturated rings. The Morgan fingerprint density at radius 3 is 3.12 bits per heavy atom. The van der Waals surface area contributed by atoms with Crippen molar-refractivity contribution in [2.45, 2.75) is 19.1 Å². The Morgan fingerprint density at radius 1 is 1.59 bits per heavy atom. The summed E-state index contributed by atoms with van der Waals surface area (Å²) in [6, 6.07) is 7.43. The van der Waals surface area contributed by atoms with Crippen molar-refractivity contribution < 1.29 is 9.84 Å². The molecule has 4 nitrogen and oxygen atoms in total.